The average Bonchev–Trinajstić information content (AvgIpc) is 3.55. The lowest BCUT2D eigenvalue weighted by molar-refractivity contribution is -0.173. The van der Waals surface area contributed by atoms with Gasteiger partial charge in [-0.25, -0.2) is 0 Å². The second-order valence-corrected chi connectivity index (χ2v) is 16.3. The molecule has 7 atom stereocenters. The van der Waals surface area contributed by atoms with Gasteiger partial charge in [0.1, 0.15) is 5.76 Å². The first kappa shape index (κ1) is 27.5. The maximum Gasteiger partial charge on any atom is 0.233 e. The van der Waals surface area contributed by atoms with Gasteiger partial charge in [0.05, 0.1) is 17.2 Å². The molecule has 8 heteroatoms. The van der Waals surface area contributed by atoms with Crippen LogP contribution in [0, 0.1) is 40.4 Å². The third kappa shape index (κ3) is 3.04. The highest BCUT2D eigenvalue weighted by Crippen LogP contribution is 2.75. The van der Waals surface area contributed by atoms with Gasteiger partial charge in [0, 0.05) is 22.3 Å². The van der Waals surface area contributed by atoms with Crippen molar-refractivity contribution < 1.29 is 19.0 Å². The van der Waals surface area contributed by atoms with E-state index >= 15 is 0 Å². The zero-order valence-corrected chi connectivity index (χ0v) is 26.0. The summed E-state index contributed by atoms with van der Waals surface area (Å²) < 4.78 is 11.7. The summed E-state index contributed by atoms with van der Waals surface area (Å²) in [6, 6.07) is 0. The monoisotopic (exact) mass is 562 g/mol. The maximum absolute atomic E-state index is 14.8. The fourth-order valence-electron chi connectivity index (χ4n) is 11.3. The molecule has 7 rings (SSSR count). The molecule has 3 fully saturated rings. The molecule has 0 saturated heterocycles. The van der Waals surface area contributed by atoms with Gasteiger partial charge in [-0.05, 0) is 86.5 Å². The molecule has 0 spiro atoms. The van der Waals surface area contributed by atoms with E-state index in [-0.39, 0.29) is 39.3 Å². The molecule has 3 saturated carbocycles. The fraction of sp³-hybridized carbons (Fsp3) is 0.758. The summed E-state index contributed by atoms with van der Waals surface area (Å²) in [6.07, 6.45) is 11.0. The number of carbonyl (C=O) groups excluding carboxylic acids is 1. The quantitative estimate of drug-likeness (QED) is 0.404. The number of aryl methyl sites for hydroxylation is 1. The van der Waals surface area contributed by atoms with Crippen LogP contribution in [-0.4, -0.2) is 31.8 Å². The molecule has 0 aromatic carbocycles. The van der Waals surface area contributed by atoms with E-state index in [9.17, 15) is 10.0 Å². The standard InChI is InChI=1S/C33H46N4O4/c1-19-35-26(41-36-19)32-12-9-27(2,3)17-21(32)24-22(38)15-23-29(6,30(24,7)10-13-32)11-14-33(37-39)28(4,5)25-20(18-34-40-25)16-31(23,33)8/h15,18,21,24,37,39H,9-14,16-17H2,1-8H3/t21-,24-,29+,30+,31+,32-,33+/m0/s1. The third-order valence-electron chi connectivity index (χ3n) is 13.9. The molecule has 0 amide bonds. The molecule has 2 aromatic rings. The van der Waals surface area contributed by atoms with E-state index in [4.69, 9.17) is 14.0 Å². The number of hydrogen-bond acceptors (Lipinski definition) is 8. The van der Waals surface area contributed by atoms with Gasteiger partial charge in [-0.15, -0.1) is 0 Å². The Morgan fingerprint density at radius 2 is 1.68 bits per heavy atom. The van der Waals surface area contributed by atoms with E-state index < -0.39 is 16.4 Å². The number of hydroxylamine groups is 1. The van der Waals surface area contributed by atoms with Gasteiger partial charge in [-0.1, -0.05) is 64.4 Å². The normalized spacial score (nSPS) is 44.1. The van der Waals surface area contributed by atoms with Crippen LogP contribution in [0.2, 0.25) is 0 Å². The first-order chi connectivity index (χ1) is 19.1. The van der Waals surface area contributed by atoms with Crippen molar-refractivity contribution in [2.24, 2.45) is 33.5 Å². The second-order valence-electron chi connectivity index (χ2n) is 16.3. The van der Waals surface area contributed by atoms with E-state index in [0.717, 1.165) is 62.2 Å². The van der Waals surface area contributed by atoms with Crippen LogP contribution in [0.25, 0.3) is 0 Å². The number of allylic oxidation sites excluding steroid dienone is 1. The number of aromatic nitrogens is 3. The Morgan fingerprint density at radius 3 is 2.37 bits per heavy atom. The van der Waals surface area contributed by atoms with E-state index in [2.05, 4.69) is 64.3 Å². The summed E-state index contributed by atoms with van der Waals surface area (Å²) in [6.45, 7) is 17.9. The molecule has 5 aliphatic rings. The topological polar surface area (TPSA) is 114 Å². The molecule has 0 aliphatic heterocycles. The van der Waals surface area contributed by atoms with Crippen molar-refractivity contribution >= 4 is 5.78 Å². The van der Waals surface area contributed by atoms with Gasteiger partial charge >= 0.3 is 0 Å². The summed E-state index contributed by atoms with van der Waals surface area (Å²) in [7, 11) is 0. The summed E-state index contributed by atoms with van der Waals surface area (Å²) in [5.74, 6) is 2.46. The van der Waals surface area contributed by atoms with Crippen molar-refractivity contribution in [3.05, 3.63) is 40.9 Å². The largest absolute Gasteiger partial charge is 0.360 e. The highest BCUT2D eigenvalue weighted by atomic mass is 16.5. The predicted molar refractivity (Wildman–Crippen MR) is 152 cm³/mol. The fourth-order valence-corrected chi connectivity index (χ4v) is 11.3. The first-order valence-electron chi connectivity index (χ1n) is 15.5. The van der Waals surface area contributed by atoms with Gasteiger partial charge in [-0.2, -0.15) is 10.5 Å². The van der Waals surface area contributed by atoms with E-state index in [1.165, 1.54) is 5.57 Å². The summed E-state index contributed by atoms with van der Waals surface area (Å²) >= 11 is 0. The number of rotatable bonds is 2. The SMILES string of the molecule is Cc1noc([C@]23CCC(C)(C)C[C@H]2[C@H]2C(=O)C=C4[C@@](C)(CC[C@@]5(NO)C(C)(C)c6oncc6C[C@]45C)[C@]2(C)CC3)n1. The number of ketones is 1. The van der Waals surface area contributed by atoms with Crippen LogP contribution in [0.15, 0.2) is 26.9 Å². The predicted octanol–water partition coefficient (Wildman–Crippen LogP) is 6.41. The number of carbonyl (C=O) groups is 1. The molecular formula is C33H46N4O4. The van der Waals surface area contributed by atoms with Crippen molar-refractivity contribution in [3.8, 4) is 0 Å². The van der Waals surface area contributed by atoms with Crippen molar-refractivity contribution in [2.75, 3.05) is 0 Å². The Labute approximate surface area is 243 Å². The highest BCUT2D eigenvalue weighted by molar-refractivity contribution is 5.95. The lowest BCUT2D eigenvalue weighted by Gasteiger charge is -2.71. The van der Waals surface area contributed by atoms with Crippen molar-refractivity contribution in [2.45, 2.75) is 123 Å². The Bertz CT molecular complexity index is 1470. The minimum atomic E-state index is -0.701. The lowest BCUT2D eigenvalue weighted by atomic mass is 9.32. The Morgan fingerprint density at radius 1 is 0.951 bits per heavy atom. The molecular weight excluding hydrogens is 516 g/mol. The van der Waals surface area contributed by atoms with Gasteiger partial charge in [0.2, 0.25) is 5.89 Å². The van der Waals surface area contributed by atoms with Crippen LogP contribution < -0.4 is 5.48 Å². The third-order valence-corrected chi connectivity index (χ3v) is 13.9. The highest BCUT2D eigenvalue weighted by Gasteiger charge is 2.74. The van der Waals surface area contributed by atoms with E-state index in [1.807, 2.05) is 19.2 Å². The zero-order valence-electron chi connectivity index (χ0n) is 26.0. The van der Waals surface area contributed by atoms with Gasteiger partial charge in [0.25, 0.3) is 0 Å². The smallest absolute Gasteiger partial charge is 0.233 e. The molecule has 0 radical (unpaired) electrons. The number of fused-ring (bicyclic) bond motifs is 8. The van der Waals surface area contributed by atoms with Crippen LogP contribution in [0.3, 0.4) is 0 Å². The number of hydrogen-bond donors (Lipinski definition) is 2. The van der Waals surface area contributed by atoms with E-state index in [0.29, 0.717) is 12.2 Å². The van der Waals surface area contributed by atoms with Crippen molar-refractivity contribution in [3.63, 3.8) is 0 Å². The average molecular weight is 563 g/mol. The van der Waals surface area contributed by atoms with Crippen LogP contribution >= 0.6 is 0 Å². The lowest BCUT2D eigenvalue weighted by Crippen LogP contribution is -2.75. The Balaban J connectivity index is 1.42. The van der Waals surface area contributed by atoms with Crippen LogP contribution in [0.4, 0.5) is 0 Å². The zero-order chi connectivity index (χ0) is 29.4. The number of nitrogens with zero attached hydrogens (tertiary/aromatic N) is 3. The first-order valence-corrected chi connectivity index (χ1v) is 15.5. The van der Waals surface area contributed by atoms with Crippen molar-refractivity contribution in [1.82, 2.24) is 20.8 Å². The molecule has 0 bridgehead atoms. The van der Waals surface area contributed by atoms with Gasteiger partial charge < -0.3 is 14.3 Å². The number of nitrogens with one attached hydrogen (secondary N) is 1. The molecule has 2 N–H and O–H groups in total. The molecule has 222 valence electrons. The molecule has 5 aliphatic carbocycles. The molecule has 8 nitrogen and oxygen atoms in total. The van der Waals surface area contributed by atoms with Crippen LogP contribution in [-0.2, 0) is 22.0 Å². The minimum Gasteiger partial charge on any atom is -0.360 e. The molecule has 41 heavy (non-hydrogen) atoms. The summed E-state index contributed by atoms with van der Waals surface area (Å²) in [5.41, 5.74) is 2.76. The van der Waals surface area contributed by atoms with Crippen LogP contribution in [0.5, 0.6) is 0 Å². The van der Waals surface area contributed by atoms with Gasteiger partial charge in [0.15, 0.2) is 11.6 Å². The van der Waals surface area contributed by atoms with Crippen molar-refractivity contribution in [1.29, 1.82) is 0 Å². The minimum absolute atomic E-state index is 0.127. The van der Waals surface area contributed by atoms with Gasteiger partial charge in [-0.3, -0.25) is 4.79 Å². The summed E-state index contributed by atoms with van der Waals surface area (Å²) in [4.78, 5) is 19.6. The second kappa shape index (κ2) is 7.98. The van der Waals surface area contributed by atoms with Crippen LogP contribution in [0.1, 0.15) is 116 Å². The Hall–Kier alpha value is -2.32. The van der Waals surface area contributed by atoms with E-state index in [1.54, 1.807) is 0 Å². The molecule has 2 heterocycles. The molecule has 0 unspecified atom stereocenters. The molecule has 2 aromatic heterocycles. The maximum atomic E-state index is 14.8. The Kier molecular flexibility index (Phi) is 5.36. The summed E-state index contributed by atoms with van der Waals surface area (Å²) in [5, 5.41) is 19.4.